The smallest absolute Gasteiger partial charge is 0.258 e. The molecule has 31 heavy (non-hydrogen) atoms. The van der Waals surface area contributed by atoms with Crippen LogP contribution in [0.25, 0.3) is 0 Å². The van der Waals surface area contributed by atoms with Gasteiger partial charge in [-0.3, -0.25) is 14.5 Å². The highest BCUT2D eigenvalue weighted by atomic mass is 35.5. The topological polar surface area (TPSA) is 79.9 Å². The first-order valence-corrected chi connectivity index (χ1v) is 9.86. The molecule has 9 heteroatoms. The molecule has 0 spiro atoms. The van der Waals surface area contributed by atoms with Gasteiger partial charge < -0.3 is 20.1 Å². The second-order valence-electron chi connectivity index (χ2n) is 7.07. The minimum atomic E-state index is -0.623. The van der Waals surface area contributed by atoms with Crippen LogP contribution in [0.1, 0.15) is 29.6 Å². The molecule has 1 fully saturated rings. The van der Waals surface area contributed by atoms with Gasteiger partial charge in [0.15, 0.2) is 0 Å². The Morgan fingerprint density at radius 3 is 2.13 bits per heavy atom. The number of rotatable bonds is 7. The van der Waals surface area contributed by atoms with Crippen molar-refractivity contribution in [3.05, 3.63) is 47.8 Å². The number of methoxy groups -OCH3 is 2. The van der Waals surface area contributed by atoms with Crippen LogP contribution < -0.4 is 20.1 Å². The summed E-state index contributed by atoms with van der Waals surface area (Å²) < 4.78 is 24.6. The molecule has 2 aromatic rings. The van der Waals surface area contributed by atoms with Crippen LogP contribution in [0, 0.1) is 5.82 Å². The summed E-state index contributed by atoms with van der Waals surface area (Å²) in [5.74, 6) is -0.723. The van der Waals surface area contributed by atoms with E-state index in [1.165, 1.54) is 44.9 Å². The normalized spacial score (nSPS) is 13.6. The molecule has 3 rings (SSSR count). The molecule has 168 valence electrons. The molecule has 0 saturated carbocycles. The first-order chi connectivity index (χ1) is 14.5. The molecule has 1 aliphatic heterocycles. The molecule has 0 aliphatic carbocycles. The zero-order chi connectivity index (χ0) is 21.5. The number of ether oxygens (including phenoxy) is 2. The number of hydrogen-bond donors (Lipinski definition) is 2. The van der Waals surface area contributed by atoms with Gasteiger partial charge in [0.05, 0.1) is 37.7 Å². The predicted octanol–water partition coefficient (Wildman–Crippen LogP) is 3.94. The van der Waals surface area contributed by atoms with E-state index in [1.807, 2.05) is 0 Å². The number of nitrogens with one attached hydrogen (secondary N) is 2. The molecule has 1 aliphatic rings. The largest absolute Gasteiger partial charge is 0.494 e. The molecule has 0 bridgehead atoms. The van der Waals surface area contributed by atoms with Gasteiger partial charge >= 0.3 is 0 Å². The van der Waals surface area contributed by atoms with Gasteiger partial charge in [0.25, 0.3) is 5.91 Å². The molecule has 0 aromatic heterocycles. The number of halogens is 2. The molecular formula is C22H27ClFN3O4. The van der Waals surface area contributed by atoms with Crippen molar-refractivity contribution in [2.75, 3.05) is 44.5 Å². The van der Waals surface area contributed by atoms with Crippen LogP contribution in [0.3, 0.4) is 0 Å². The molecule has 0 unspecified atom stereocenters. The van der Waals surface area contributed by atoms with E-state index in [0.717, 1.165) is 25.9 Å². The zero-order valence-electron chi connectivity index (χ0n) is 17.6. The number of carbonyl (C=O) groups excluding carboxylic acids is 2. The van der Waals surface area contributed by atoms with Crippen LogP contribution in [0.15, 0.2) is 36.4 Å². The Morgan fingerprint density at radius 2 is 1.55 bits per heavy atom. The average Bonchev–Trinajstić information content (AvgIpc) is 2.75. The number of hydrogen-bond acceptors (Lipinski definition) is 5. The van der Waals surface area contributed by atoms with Crippen LogP contribution in [0.4, 0.5) is 15.8 Å². The van der Waals surface area contributed by atoms with Crippen molar-refractivity contribution < 1.29 is 23.5 Å². The van der Waals surface area contributed by atoms with Crippen molar-refractivity contribution in [2.24, 2.45) is 0 Å². The summed E-state index contributed by atoms with van der Waals surface area (Å²) >= 11 is 0. The number of benzene rings is 2. The highest BCUT2D eigenvalue weighted by Gasteiger charge is 2.19. The van der Waals surface area contributed by atoms with Crippen molar-refractivity contribution in [3.8, 4) is 11.5 Å². The van der Waals surface area contributed by atoms with Crippen molar-refractivity contribution >= 4 is 35.6 Å². The molecule has 1 saturated heterocycles. The van der Waals surface area contributed by atoms with Gasteiger partial charge in [-0.15, -0.1) is 12.4 Å². The van der Waals surface area contributed by atoms with E-state index < -0.39 is 11.7 Å². The fourth-order valence-corrected chi connectivity index (χ4v) is 3.44. The van der Waals surface area contributed by atoms with Crippen molar-refractivity contribution in [1.82, 2.24) is 4.90 Å². The highest BCUT2D eigenvalue weighted by Crippen LogP contribution is 2.36. The number of piperidine rings is 1. The lowest BCUT2D eigenvalue weighted by Crippen LogP contribution is -2.36. The first kappa shape index (κ1) is 24.4. The van der Waals surface area contributed by atoms with Crippen LogP contribution in [-0.4, -0.2) is 50.6 Å². The molecule has 2 N–H and O–H groups in total. The molecule has 0 atom stereocenters. The Hall–Kier alpha value is -2.84. The molecule has 1 heterocycles. The number of anilines is 2. The fourth-order valence-electron chi connectivity index (χ4n) is 3.44. The maximum absolute atomic E-state index is 13.9. The van der Waals surface area contributed by atoms with Crippen molar-refractivity contribution in [2.45, 2.75) is 19.3 Å². The maximum Gasteiger partial charge on any atom is 0.258 e. The van der Waals surface area contributed by atoms with Crippen LogP contribution in [0.2, 0.25) is 0 Å². The van der Waals surface area contributed by atoms with Crippen LogP contribution >= 0.6 is 12.4 Å². The molecule has 2 aromatic carbocycles. The maximum atomic E-state index is 13.9. The van der Waals surface area contributed by atoms with E-state index in [2.05, 4.69) is 15.5 Å². The van der Waals surface area contributed by atoms with Gasteiger partial charge in [-0.25, -0.2) is 4.39 Å². The number of amides is 2. The summed E-state index contributed by atoms with van der Waals surface area (Å²) in [6.45, 7) is 2.13. The van der Waals surface area contributed by atoms with Crippen molar-refractivity contribution in [3.63, 3.8) is 0 Å². The zero-order valence-corrected chi connectivity index (χ0v) is 18.4. The van der Waals surface area contributed by atoms with Gasteiger partial charge in [-0.05, 0) is 38.1 Å². The number of carbonyl (C=O) groups is 2. The second kappa shape index (κ2) is 11.5. The van der Waals surface area contributed by atoms with Gasteiger partial charge in [-0.2, -0.15) is 0 Å². The third-order valence-corrected chi connectivity index (χ3v) is 4.98. The Bertz CT molecular complexity index is 920. The summed E-state index contributed by atoms with van der Waals surface area (Å²) in [6.07, 6.45) is 3.39. The Balaban J connectivity index is 0.00000341. The number of likely N-dealkylation sites (tertiary alicyclic amines) is 1. The number of nitrogens with zero attached hydrogens (tertiary/aromatic N) is 1. The summed E-state index contributed by atoms with van der Waals surface area (Å²) in [7, 11) is 2.91. The Labute approximate surface area is 187 Å². The standard InChI is InChI=1S/C22H26FN3O4.ClH/c1-29-19-13-18(25-22(28)15-8-4-5-9-16(15)23)20(30-2)12-17(19)24-21(27)14-26-10-6-3-7-11-26;/h4-5,8-9,12-13H,3,6-7,10-11,14H2,1-2H3,(H,24,27)(H,25,28);1H. The van der Waals surface area contributed by atoms with Gasteiger partial charge in [0, 0.05) is 12.1 Å². The van der Waals surface area contributed by atoms with E-state index in [9.17, 15) is 14.0 Å². The molecular weight excluding hydrogens is 425 g/mol. The summed E-state index contributed by atoms with van der Waals surface area (Å²) in [5, 5.41) is 5.48. The van der Waals surface area contributed by atoms with E-state index in [-0.39, 0.29) is 23.9 Å². The lowest BCUT2D eigenvalue weighted by atomic mass is 10.1. The first-order valence-electron chi connectivity index (χ1n) is 9.86. The van der Waals surface area contributed by atoms with Crippen LogP contribution in [-0.2, 0) is 4.79 Å². The SMILES string of the molecule is COc1cc(NC(=O)c2ccccc2F)c(OC)cc1NC(=O)CN1CCCCC1.Cl. The fraction of sp³-hybridized carbons (Fsp3) is 0.364. The Kier molecular flexibility index (Phi) is 9.08. The lowest BCUT2D eigenvalue weighted by Gasteiger charge is -2.25. The van der Waals surface area contributed by atoms with E-state index >= 15 is 0 Å². The van der Waals surface area contributed by atoms with Gasteiger partial charge in [-0.1, -0.05) is 18.6 Å². The van der Waals surface area contributed by atoms with E-state index in [1.54, 1.807) is 12.1 Å². The van der Waals surface area contributed by atoms with Crippen molar-refractivity contribution in [1.29, 1.82) is 0 Å². The van der Waals surface area contributed by atoms with E-state index in [4.69, 9.17) is 9.47 Å². The van der Waals surface area contributed by atoms with Gasteiger partial charge in [0.1, 0.15) is 17.3 Å². The Morgan fingerprint density at radius 1 is 0.968 bits per heavy atom. The second-order valence-corrected chi connectivity index (χ2v) is 7.07. The average molecular weight is 452 g/mol. The molecule has 0 radical (unpaired) electrons. The minimum Gasteiger partial charge on any atom is -0.494 e. The predicted molar refractivity (Wildman–Crippen MR) is 120 cm³/mol. The van der Waals surface area contributed by atoms with E-state index in [0.29, 0.717) is 29.4 Å². The highest BCUT2D eigenvalue weighted by molar-refractivity contribution is 6.06. The summed E-state index contributed by atoms with van der Waals surface area (Å²) in [6, 6.07) is 8.81. The van der Waals surface area contributed by atoms with Gasteiger partial charge in [0.2, 0.25) is 5.91 Å². The van der Waals surface area contributed by atoms with Crippen LogP contribution in [0.5, 0.6) is 11.5 Å². The minimum absolute atomic E-state index is 0. The third-order valence-electron chi connectivity index (χ3n) is 4.98. The quantitative estimate of drug-likeness (QED) is 0.666. The molecule has 7 nitrogen and oxygen atoms in total. The summed E-state index contributed by atoms with van der Waals surface area (Å²) in [5.41, 5.74) is 0.648. The lowest BCUT2D eigenvalue weighted by molar-refractivity contribution is -0.117. The third kappa shape index (κ3) is 6.32. The monoisotopic (exact) mass is 451 g/mol. The summed E-state index contributed by atoms with van der Waals surface area (Å²) in [4.78, 5) is 27.1. The molecule has 2 amide bonds.